The number of hydrogen-bond donors (Lipinski definition) is 0. The molecular weight excluding hydrogens is 252 g/mol. The van der Waals surface area contributed by atoms with Gasteiger partial charge in [-0.1, -0.05) is 6.07 Å². The van der Waals surface area contributed by atoms with E-state index in [4.69, 9.17) is 9.15 Å². The highest BCUT2D eigenvalue weighted by Gasteiger charge is 2.39. The Morgan fingerprint density at radius 1 is 1.40 bits per heavy atom. The van der Waals surface area contributed by atoms with Crippen molar-refractivity contribution in [3.63, 3.8) is 0 Å². The van der Waals surface area contributed by atoms with Crippen LogP contribution in [0.15, 0.2) is 41.2 Å². The molecule has 4 nitrogen and oxygen atoms in total. The lowest BCUT2D eigenvalue weighted by Crippen LogP contribution is -2.25. The molecule has 2 atom stereocenters. The van der Waals surface area contributed by atoms with Crippen LogP contribution in [-0.4, -0.2) is 13.7 Å². The summed E-state index contributed by atoms with van der Waals surface area (Å²) in [4.78, 5) is 2.23. The number of ether oxygens (including phenoxy) is 1. The molecule has 102 valence electrons. The van der Waals surface area contributed by atoms with Crippen molar-refractivity contribution in [2.24, 2.45) is 0 Å². The van der Waals surface area contributed by atoms with Gasteiger partial charge in [-0.3, -0.25) is 0 Å². The molecule has 0 bridgehead atoms. The van der Waals surface area contributed by atoms with E-state index >= 15 is 0 Å². The molecule has 0 saturated heterocycles. The molecule has 2 heterocycles. The van der Waals surface area contributed by atoms with Crippen molar-refractivity contribution in [1.82, 2.24) is 0 Å². The number of rotatable bonds is 3. The summed E-state index contributed by atoms with van der Waals surface area (Å²) in [7, 11) is 1.66. The first kappa shape index (κ1) is 12.6. The second-order valence-corrected chi connectivity index (χ2v) is 4.82. The van der Waals surface area contributed by atoms with Crippen molar-refractivity contribution in [1.29, 1.82) is 5.26 Å². The SMILES string of the molecule is CCN1c2cc(OC)ccc2C(C#N)C1c1ccoc1. The van der Waals surface area contributed by atoms with Gasteiger partial charge in [-0.2, -0.15) is 5.26 Å². The Morgan fingerprint density at radius 3 is 2.85 bits per heavy atom. The smallest absolute Gasteiger partial charge is 0.120 e. The number of fused-ring (bicyclic) bond motifs is 1. The van der Waals surface area contributed by atoms with Crippen molar-refractivity contribution in [3.8, 4) is 11.8 Å². The van der Waals surface area contributed by atoms with Gasteiger partial charge in [0.05, 0.1) is 37.7 Å². The minimum absolute atomic E-state index is 0.00542. The summed E-state index contributed by atoms with van der Waals surface area (Å²) < 4.78 is 10.5. The third-order valence-corrected chi connectivity index (χ3v) is 3.90. The van der Waals surface area contributed by atoms with E-state index < -0.39 is 0 Å². The van der Waals surface area contributed by atoms with Gasteiger partial charge in [-0.05, 0) is 24.6 Å². The van der Waals surface area contributed by atoms with Crippen molar-refractivity contribution in [2.45, 2.75) is 18.9 Å². The number of benzene rings is 1. The van der Waals surface area contributed by atoms with Gasteiger partial charge < -0.3 is 14.1 Å². The van der Waals surface area contributed by atoms with E-state index in [0.717, 1.165) is 29.1 Å². The van der Waals surface area contributed by atoms with Crippen LogP contribution in [0.1, 0.15) is 30.0 Å². The maximum Gasteiger partial charge on any atom is 0.120 e. The fourth-order valence-electron chi connectivity index (χ4n) is 2.98. The summed E-state index contributed by atoms with van der Waals surface area (Å²) in [5.74, 6) is 0.625. The number of hydrogen-bond acceptors (Lipinski definition) is 4. The van der Waals surface area contributed by atoms with Gasteiger partial charge in [0, 0.05) is 23.9 Å². The van der Waals surface area contributed by atoms with Crippen LogP contribution in [0.4, 0.5) is 5.69 Å². The monoisotopic (exact) mass is 268 g/mol. The van der Waals surface area contributed by atoms with E-state index in [9.17, 15) is 5.26 Å². The lowest BCUT2D eigenvalue weighted by Gasteiger charge is -2.26. The molecule has 0 radical (unpaired) electrons. The van der Waals surface area contributed by atoms with Crippen molar-refractivity contribution < 1.29 is 9.15 Å². The third kappa shape index (κ3) is 1.75. The van der Waals surface area contributed by atoms with Crippen LogP contribution < -0.4 is 9.64 Å². The van der Waals surface area contributed by atoms with Crippen molar-refractivity contribution in [3.05, 3.63) is 47.9 Å². The molecule has 20 heavy (non-hydrogen) atoms. The molecule has 1 aromatic carbocycles. The Balaban J connectivity index is 2.13. The fourth-order valence-corrected chi connectivity index (χ4v) is 2.98. The Morgan fingerprint density at radius 2 is 2.25 bits per heavy atom. The van der Waals surface area contributed by atoms with E-state index in [2.05, 4.69) is 17.9 Å². The fraction of sp³-hybridized carbons (Fsp3) is 0.312. The number of furan rings is 1. The van der Waals surface area contributed by atoms with Gasteiger partial charge in [-0.25, -0.2) is 0 Å². The zero-order chi connectivity index (χ0) is 14.1. The van der Waals surface area contributed by atoms with Gasteiger partial charge in [0.2, 0.25) is 0 Å². The second-order valence-electron chi connectivity index (χ2n) is 4.82. The largest absolute Gasteiger partial charge is 0.497 e. The zero-order valence-corrected chi connectivity index (χ0v) is 11.5. The van der Waals surface area contributed by atoms with Crippen LogP contribution in [0.5, 0.6) is 5.75 Å². The highest BCUT2D eigenvalue weighted by molar-refractivity contribution is 5.67. The van der Waals surface area contributed by atoms with Crippen LogP contribution in [0.3, 0.4) is 0 Å². The predicted molar refractivity (Wildman–Crippen MR) is 75.8 cm³/mol. The molecule has 0 saturated carbocycles. The maximum atomic E-state index is 9.58. The van der Waals surface area contributed by atoms with Gasteiger partial charge >= 0.3 is 0 Å². The van der Waals surface area contributed by atoms with Gasteiger partial charge in [-0.15, -0.1) is 0 Å². The standard InChI is InChI=1S/C16H16N2O2/c1-3-18-15-8-12(19-2)4-5-13(15)14(9-17)16(18)11-6-7-20-10-11/h4-8,10,14,16H,3H2,1-2H3. The first-order chi connectivity index (χ1) is 9.80. The molecule has 3 rings (SSSR count). The lowest BCUT2D eigenvalue weighted by molar-refractivity contribution is 0.415. The number of nitrogens with zero attached hydrogens (tertiary/aromatic N) is 2. The normalized spacial score (nSPS) is 20.6. The van der Waals surface area contributed by atoms with Crippen molar-refractivity contribution >= 4 is 5.69 Å². The van der Waals surface area contributed by atoms with E-state index in [1.165, 1.54) is 0 Å². The summed E-state index contributed by atoms with van der Waals surface area (Å²) in [6, 6.07) is 10.3. The van der Waals surface area contributed by atoms with Gasteiger partial charge in [0.25, 0.3) is 0 Å². The quantitative estimate of drug-likeness (QED) is 0.855. The van der Waals surface area contributed by atoms with Gasteiger partial charge in [0.15, 0.2) is 0 Å². The Bertz CT molecular complexity index is 643. The summed E-state index contributed by atoms with van der Waals surface area (Å²) in [6.45, 7) is 2.92. The van der Waals surface area contributed by atoms with Crippen molar-refractivity contribution in [2.75, 3.05) is 18.6 Å². The minimum Gasteiger partial charge on any atom is -0.497 e. The lowest BCUT2D eigenvalue weighted by atomic mass is 9.93. The molecular formula is C16H16N2O2. The first-order valence-electron chi connectivity index (χ1n) is 6.66. The van der Waals surface area contributed by atoms with Crippen LogP contribution in [0.2, 0.25) is 0 Å². The zero-order valence-electron chi connectivity index (χ0n) is 11.5. The van der Waals surface area contributed by atoms with E-state index in [0.29, 0.717) is 0 Å². The molecule has 1 aromatic heterocycles. The van der Waals surface area contributed by atoms with E-state index in [-0.39, 0.29) is 12.0 Å². The molecule has 1 aliphatic rings. The summed E-state index contributed by atoms with van der Waals surface area (Å²) in [6.07, 6.45) is 3.38. The molecule has 0 spiro atoms. The second kappa shape index (κ2) is 4.93. The summed E-state index contributed by atoms with van der Waals surface area (Å²) in [5, 5.41) is 9.58. The highest BCUT2D eigenvalue weighted by Crippen LogP contribution is 2.49. The molecule has 4 heteroatoms. The molecule has 2 unspecified atom stereocenters. The first-order valence-corrected chi connectivity index (χ1v) is 6.66. The number of methoxy groups -OCH3 is 1. The summed E-state index contributed by atoms with van der Waals surface area (Å²) in [5.41, 5.74) is 3.17. The third-order valence-electron chi connectivity index (χ3n) is 3.90. The van der Waals surface area contributed by atoms with E-state index in [1.54, 1.807) is 19.6 Å². The van der Waals surface area contributed by atoms with Crippen LogP contribution in [0, 0.1) is 11.3 Å². The average Bonchev–Trinajstić information content (AvgIpc) is 3.11. The number of nitriles is 1. The number of likely N-dealkylation sites (N-methyl/N-ethyl adjacent to an activating group) is 1. The van der Waals surface area contributed by atoms with E-state index in [1.807, 2.05) is 24.3 Å². The molecule has 0 fully saturated rings. The Labute approximate surface area is 118 Å². The topological polar surface area (TPSA) is 49.4 Å². The Hall–Kier alpha value is -2.41. The molecule has 2 aromatic rings. The molecule has 0 aliphatic carbocycles. The predicted octanol–water partition coefficient (Wildman–Crippen LogP) is 3.48. The Kier molecular flexibility index (Phi) is 3.11. The van der Waals surface area contributed by atoms with Crippen LogP contribution >= 0.6 is 0 Å². The highest BCUT2D eigenvalue weighted by atomic mass is 16.5. The average molecular weight is 268 g/mol. The van der Waals surface area contributed by atoms with Gasteiger partial charge in [0.1, 0.15) is 5.75 Å². The number of anilines is 1. The summed E-state index contributed by atoms with van der Waals surface area (Å²) >= 11 is 0. The molecule has 0 amide bonds. The van der Waals surface area contributed by atoms with Crippen LogP contribution in [-0.2, 0) is 0 Å². The maximum absolute atomic E-state index is 9.58. The molecule has 0 N–H and O–H groups in total. The van der Waals surface area contributed by atoms with Crippen LogP contribution in [0.25, 0.3) is 0 Å². The molecule has 1 aliphatic heterocycles. The minimum atomic E-state index is -0.187.